The van der Waals surface area contributed by atoms with E-state index in [-0.39, 0.29) is 0 Å². The van der Waals surface area contributed by atoms with E-state index in [4.69, 9.17) is 5.11 Å². The molecule has 0 amide bonds. The Morgan fingerprint density at radius 3 is 2.05 bits per heavy atom. The second kappa shape index (κ2) is 5.30. The van der Waals surface area contributed by atoms with Crippen molar-refractivity contribution in [1.82, 2.24) is 4.90 Å². The quantitative estimate of drug-likeness (QED) is 0.850. The molecule has 2 atom stereocenters. The molecule has 3 fully saturated rings. The Morgan fingerprint density at radius 2 is 1.55 bits per heavy atom. The molecule has 0 aromatic carbocycles. The van der Waals surface area contributed by atoms with Crippen LogP contribution in [0.4, 0.5) is 0 Å². The Morgan fingerprint density at radius 1 is 1.00 bits per heavy atom. The molecule has 3 heterocycles. The summed E-state index contributed by atoms with van der Waals surface area (Å²) >= 11 is 0. The molecule has 114 valence electrons. The Hall–Kier alpha value is -0.620. The van der Waals surface area contributed by atoms with Gasteiger partial charge in [0.05, 0.1) is 11.5 Å². The van der Waals surface area contributed by atoms with Crippen LogP contribution in [-0.4, -0.2) is 54.0 Å². The van der Waals surface area contributed by atoms with Crippen LogP contribution in [0.3, 0.4) is 0 Å². The molecule has 6 heteroatoms. The highest BCUT2D eigenvalue weighted by Gasteiger charge is 2.45. The second-order valence-corrected chi connectivity index (χ2v) is 8.95. The Balaban J connectivity index is 1.64. The molecule has 3 aliphatic heterocycles. The summed E-state index contributed by atoms with van der Waals surface area (Å²) < 4.78 is 23.1. The van der Waals surface area contributed by atoms with Crippen molar-refractivity contribution in [2.75, 3.05) is 11.5 Å². The van der Waals surface area contributed by atoms with Gasteiger partial charge in [-0.3, -0.25) is 9.69 Å². The van der Waals surface area contributed by atoms with Gasteiger partial charge in [-0.15, -0.1) is 0 Å². The maximum Gasteiger partial charge on any atom is 0.303 e. The Kier molecular flexibility index (Phi) is 3.79. The normalized spacial score (nSPS) is 37.9. The Labute approximate surface area is 120 Å². The monoisotopic (exact) mass is 301 g/mol. The van der Waals surface area contributed by atoms with E-state index in [1.807, 2.05) is 0 Å². The highest BCUT2D eigenvalue weighted by atomic mass is 32.2. The van der Waals surface area contributed by atoms with Crippen molar-refractivity contribution < 1.29 is 18.3 Å². The summed E-state index contributed by atoms with van der Waals surface area (Å²) in [5.74, 6) is 0.276. The van der Waals surface area contributed by atoms with Crippen LogP contribution in [-0.2, 0) is 14.6 Å². The number of nitrogens with zero attached hydrogens (tertiary/aromatic N) is 1. The number of aliphatic carboxylic acids is 1. The molecule has 3 rings (SSSR count). The fourth-order valence-corrected chi connectivity index (χ4v) is 5.98. The molecule has 3 saturated heterocycles. The first-order chi connectivity index (χ1) is 9.44. The van der Waals surface area contributed by atoms with E-state index in [0.717, 1.165) is 38.5 Å². The van der Waals surface area contributed by atoms with Gasteiger partial charge >= 0.3 is 5.97 Å². The predicted octanol–water partition coefficient (Wildman–Crippen LogP) is 1.28. The molecular weight excluding hydrogens is 278 g/mol. The number of hydrogen-bond acceptors (Lipinski definition) is 4. The van der Waals surface area contributed by atoms with Crippen LogP contribution in [0.2, 0.25) is 0 Å². The molecule has 0 aromatic heterocycles. The van der Waals surface area contributed by atoms with E-state index in [2.05, 4.69) is 4.90 Å². The van der Waals surface area contributed by atoms with Crippen LogP contribution in [0.15, 0.2) is 0 Å². The summed E-state index contributed by atoms with van der Waals surface area (Å²) in [6.07, 6.45) is 6.09. The first kappa shape index (κ1) is 14.3. The van der Waals surface area contributed by atoms with Gasteiger partial charge in [-0.2, -0.15) is 0 Å². The number of piperidine rings is 1. The maximum absolute atomic E-state index is 11.5. The van der Waals surface area contributed by atoms with Gasteiger partial charge in [-0.25, -0.2) is 8.42 Å². The van der Waals surface area contributed by atoms with Crippen molar-refractivity contribution in [2.24, 2.45) is 5.92 Å². The van der Waals surface area contributed by atoms with Crippen molar-refractivity contribution in [1.29, 1.82) is 0 Å². The molecule has 2 unspecified atom stereocenters. The summed E-state index contributed by atoms with van der Waals surface area (Å²) in [6, 6.07) is 1.38. The minimum atomic E-state index is -2.80. The zero-order chi connectivity index (χ0) is 14.3. The van der Waals surface area contributed by atoms with E-state index in [9.17, 15) is 13.2 Å². The predicted molar refractivity (Wildman–Crippen MR) is 75.3 cm³/mol. The van der Waals surface area contributed by atoms with E-state index in [1.165, 1.54) is 0 Å². The van der Waals surface area contributed by atoms with Gasteiger partial charge in [0, 0.05) is 24.5 Å². The topological polar surface area (TPSA) is 74.7 Å². The largest absolute Gasteiger partial charge is 0.481 e. The molecule has 1 N–H and O–H groups in total. The number of sulfone groups is 1. The summed E-state index contributed by atoms with van der Waals surface area (Å²) in [6.45, 7) is 0. The zero-order valence-electron chi connectivity index (χ0n) is 11.7. The molecule has 0 aliphatic carbocycles. The Bertz CT molecular complexity index is 461. The molecular formula is C14H23NO4S. The number of carboxylic acid groups (broad SMARTS) is 1. The van der Waals surface area contributed by atoms with Gasteiger partial charge in [-0.05, 0) is 44.4 Å². The average molecular weight is 301 g/mol. The van der Waals surface area contributed by atoms with E-state index in [0.29, 0.717) is 42.0 Å². The zero-order valence-corrected chi connectivity index (χ0v) is 12.5. The van der Waals surface area contributed by atoms with Crippen LogP contribution < -0.4 is 0 Å². The van der Waals surface area contributed by atoms with Gasteiger partial charge < -0.3 is 5.11 Å². The third-order valence-corrected chi connectivity index (χ3v) is 7.01. The standard InChI is InChI=1S/C14H23NO4S/c16-14(17)9-10-7-12-1-2-13(8-10)15(12)11-3-5-20(18,19)6-4-11/h10-13H,1-9H2,(H,16,17). The first-order valence-corrected chi connectivity index (χ1v) is 9.46. The fourth-order valence-electron chi connectivity index (χ4n) is 4.51. The average Bonchev–Trinajstić information content (AvgIpc) is 2.62. The molecule has 0 saturated carbocycles. The van der Waals surface area contributed by atoms with Crippen LogP contribution in [0.1, 0.15) is 44.9 Å². The lowest BCUT2D eigenvalue weighted by atomic mass is 9.86. The molecule has 0 spiro atoms. The fraction of sp³-hybridized carbons (Fsp3) is 0.929. The summed E-state index contributed by atoms with van der Waals surface area (Å²) in [5.41, 5.74) is 0. The number of hydrogen-bond donors (Lipinski definition) is 1. The third kappa shape index (κ3) is 2.86. The number of fused-ring (bicyclic) bond motifs is 2. The highest BCUT2D eigenvalue weighted by Crippen LogP contribution is 2.42. The molecule has 0 radical (unpaired) electrons. The van der Waals surface area contributed by atoms with Crippen LogP contribution >= 0.6 is 0 Å². The van der Waals surface area contributed by atoms with Crippen molar-refractivity contribution in [2.45, 2.75) is 63.1 Å². The number of rotatable bonds is 3. The van der Waals surface area contributed by atoms with E-state index >= 15 is 0 Å². The van der Waals surface area contributed by atoms with Crippen molar-refractivity contribution >= 4 is 15.8 Å². The number of carboxylic acids is 1. The molecule has 0 aromatic rings. The lowest BCUT2D eigenvalue weighted by Gasteiger charge is -2.44. The lowest BCUT2D eigenvalue weighted by Crippen LogP contribution is -2.51. The minimum absolute atomic E-state index is 0.292. The van der Waals surface area contributed by atoms with Gasteiger partial charge in [-0.1, -0.05) is 0 Å². The van der Waals surface area contributed by atoms with Gasteiger partial charge in [0.2, 0.25) is 0 Å². The lowest BCUT2D eigenvalue weighted by molar-refractivity contribution is -0.138. The summed E-state index contributed by atoms with van der Waals surface area (Å²) in [7, 11) is -2.80. The van der Waals surface area contributed by atoms with Crippen molar-refractivity contribution in [3.05, 3.63) is 0 Å². The summed E-state index contributed by atoms with van der Waals surface area (Å²) in [4.78, 5) is 13.4. The molecule has 5 nitrogen and oxygen atoms in total. The van der Waals surface area contributed by atoms with E-state index in [1.54, 1.807) is 0 Å². The minimum Gasteiger partial charge on any atom is -0.481 e. The smallest absolute Gasteiger partial charge is 0.303 e. The molecule has 20 heavy (non-hydrogen) atoms. The first-order valence-electron chi connectivity index (χ1n) is 7.64. The summed E-state index contributed by atoms with van der Waals surface area (Å²) in [5, 5.41) is 8.95. The van der Waals surface area contributed by atoms with Crippen molar-refractivity contribution in [3.63, 3.8) is 0 Å². The van der Waals surface area contributed by atoms with Gasteiger partial charge in [0.25, 0.3) is 0 Å². The van der Waals surface area contributed by atoms with E-state index < -0.39 is 15.8 Å². The second-order valence-electron chi connectivity index (χ2n) is 6.65. The maximum atomic E-state index is 11.5. The number of carbonyl (C=O) groups is 1. The van der Waals surface area contributed by atoms with Gasteiger partial charge in [0.15, 0.2) is 0 Å². The SMILES string of the molecule is O=C(O)CC1CC2CCC(C1)N2C1CCS(=O)(=O)CC1. The van der Waals surface area contributed by atoms with Crippen LogP contribution in [0, 0.1) is 5.92 Å². The molecule has 3 aliphatic rings. The van der Waals surface area contributed by atoms with Crippen LogP contribution in [0.25, 0.3) is 0 Å². The highest BCUT2D eigenvalue weighted by molar-refractivity contribution is 7.91. The third-order valence-electron chi connectivity index (χ3n) is 5.30. The molecule has 2 bridgehead atoms. The van der Waals surface area contributed by atoms with Crippen molar-refractivity contribution in [3.8, 4) is 0 Å². The van der Waals surface area contributed by atoms with Crippen LogP contribution in [0.5, 0.6) is 0 Å². The van der Waals surface area contributed by atoms with Gasteiger partial charge in [0.1, 0.15) is 9.84 Å².